The van der Waals surface area contributed by atoms with Gasteiger partial charge in [0.2, 0.25) is 5.91 Å². The third kappa shape index (κ3) is 1.67. The standard InChI is InChI=1S/C12H17N3O3/c16-10-7-14-9(6-13-10)11(17)15(12(14)18)8-4-2-1-3-5-8/h8-9H,1-7H2,(H,13,16). The molecule has 2 aliphatic heterocycles. The molecule has 6 heteroatoms. The summed E-state index contributed by atoms with van der Waals surface area (Å²) in [5.74, 6) is -0.315. The van der Waals surface area contributed by atoms with Gasteiger partial charge in [-0.05, 0) is 12.8 Å². The highest BCUT2D eigenvalue weighted by Crippen LogP contribution is 2.29. The van der Waals surface area contributed by atoms with Gasteiger partial charge in [0.15, 0.2) is 0 Å². The zero-order valence-electron chi connectivity index (χ0n) is 10.2. The Morgan fingerprint density at radius 2 is 1.78 bits per heavy atom. The molecule has 1 N–H and O–H groups in total. The van der Waals surface area contributed by atoms with Gasteiger partial charge in [-0.15, -0.1) is 0 Å². The van der Waals surface area contributed by atoms with Gasteiger partial charge in [0.25, 0.3) is 5.91 Å². The molecule has 6 nitrogen and oxygen atoms in total. The molecule has 1 aliphatic carbocycles. The average molecular weight is 251 g/mol. The number of hydrogen-bond acceptors (Lipinski definition) is 3. The molecule has 18 heavy (non-hydrogen) atoms. The SMILES string of the molecule is O=C1CN2C(=O)N(C3CCCCC3)C(=O)C2CN1. The number of hydrogen-bond donors (Lipinski definition) is 1. The Hall–Kier alpha value is -1.59. The van der Waals surface area contributed by atoms with Gasteiger partial charge in [-0.25, -0.2) is 4.79 Å². The molecule has 0 bridgehead atoms. The molecule has 2 saturated heterocycles. The van der Waals surface area contributed by atoms with Crippen molar-refractivity contribution >= 4 is 17.8 Å². The summed E-state index contributed by atoms with van der Waals surface area (Å²) in [6.07, 6.45) is 5.13. The monoisotopic (exact) mass is 251 g/mol. The predicted octanol–water partition coefficient (Wildman–Crippen LogP) is 0.0817. The Bertz CT molecular complexity index is 403. The molecular formula is C12H17N3O3. The van der Waals surface area contributed by atoms with Gasteiger partial charge < -0.3 is 10.2 Å². The lowest BCUT2D eigenvalue weighted by molar-refractivity contribution is -0.132. The Kier molecular flexibility index (Phi) is 2.72. The molecule has 1 unspecified atom stereocenters. The maximum Gasteiger partial charge on any atom is 0.328 e. The second-order valence-corrected chi connectivity index (χ2v) is 5.23. The maximum atomic E-state index is 12.3. The van der Waals surface area contributed by atoms with Crippen LogP contribution in [0.1, 0.15) is 32.1 Å². The van der Waals surface area contributed by atoms with Crippen LogP contribution >= 0.6 is 0 Å². The maximum absolute atomic E-state index is 12.3. The Balaban J connectivity index is 1.81. The van der Waals surface area contributed by atoms with E-state index in [1.807, 2.05) is 0 Å². The summed E-state index contributed by atoms with van der Waals surface area (Å²) in [5.41, 5.74) is 0. The zero-order valence-corrected chi connectivity index (χ0v) is 10.2. The summed E-state index contributed by atoms with van der Waals surface area (Å²) in [5, 5.41) is 2.65. The number of fused-ring (bicyclic) bond motifs is 1. The van der Waals surface area contributed by atoms with Crippen LogP contribution in [0.15, 0.2) is 0 Å². The Morgan fingerprint density at radius 3 is 2.50 bits per heavy atom. The van der Waals surface area contributed by atoms with E-state index >= 15 is 0 Å². The fraction of sp³-hybridized carbons (Fsp3) is 0.750. The highest BCUT2D eigenvalue weighted by atomic mass is 16.2. The molecule has 0 aromatic carbocycles. The van der Waals surface area contributed by atoms with Gasteiger partial charge in [0.05, 0.1) is 0 Å². The minimum absolute atomic E-state index is 0.0124. The van der Waals surface area contributed by atoms with Crippen molar-refractivity contribution in [3.8, 4) is 0 Å². The molecule has 2 heterocycles. The predicted molar refractivity (Wildman–Crippen MR) is 62.6 cm³/mol. The normalized spacial score (nSPS) is 29.6. The molecule has 4 amide bonds. The van der Waals surface area contributed by atoms with Gasteiger partial charge in [-0.1, -0.05) is 19.3 Å². The van der Waals surface area contributed by atoms with E-state index in [0.717, 1.165) is 25.7 Å². The second kappa shape index (κ2) is 4.26. The molecule has 98 valence electrons. The summed E-state index contributed by atoms with van der Waals surface area (Å²) in [6.45, 7) is 0.269. The molecular weight excluding hydrogens is 234 g/mol. The first kappa shape index (κ1) is 11.5. The van der Waals surface area contributed by atoms with Gasteiger partial charge in [0.1, 0.15) is 12.6 Å². The quantitative estimate of drug-likeness (QED) is 0.671. The minimum Gasteiger partial charge on any atom is -0.352 e. The van der Waals surface area contributed by atoms with Crippen molar-refractivity contribution in [2.24, 2.45) is 0 Å². The van der Waals surface area contributed by atoms with E-state index in [4.69, 9.17) is 0 Å². The van der Waals surface area contributed by atoms with Crippen molar-refractivity contribution in [3.05, 3.63) is 0 Å². The van der Waals surface area contributed by atoms with E-state index in [1.54, 1.807) is 0 Å². The van der Waals surface area contributed by atoms with Crippen molar-refractivity contribution in [3.63, 3.8) is 0 Å². The van der Waals surface area contributed by atoms with Crippen LogP contribution in [0, 0.1) is 0 Å². The lowest BCUT2D eigenvalue weighted by atomic mass is 9.94. The summed E-state index contributed by atoms with van der Waals surface area (Å²) in [7, 11) is 0. The third-order valence-electron chi connectivity index (χ3n) is 4.10. The van der Waals surface area contributed by atoms with Gasteiger partial charge >= 0.3 is 6.03 Å². The number of carbonyl (C=O) groups is 3. The molecule has 1 atom stereocenters. The van der Waals surface area contributed by atoms with Crippen LogP contribution in [-0.2, 0) is 9.59 Å². The van der Waals surface area contributed by atoms with Gasteiger partial charge in [-0.2, -0.15) is 0 Å². The van der Waals surface area contributed by atoms with Crippen molar-refractivity contribution in [2.75, 3.05) is 13.1 Å². The number of amides is 4. The van der Waals surface area contributed by atoms with Crippen LogP contribution in [0.4, 0.5) is 4.79 Å². The summed E-state index contributed by atoms with van der Waals surface area (Å²) >= 11 is 0. The van der Waals surface area contributed by atoms with E-state index in [-0.39, 0.29) is 37.0 Å². The zero-order chi connectivity index (χ0) is 12.7. The Labute approximate surface area is 105 Å². The number of urea groups is 1. The van der Waals surface area contributed by atoms with E-state index in [9.17, 15) is 14.4 Å². The van der Waals surface area contributed by atoms with E-state index in [2.05, 4.69) is 5.32 Å². The summed E-state index contributed by atoms with van der Waals surface area (Å²) in [6, 6.07) is -0.705. The van der Waals surface area contributed by atoms with Crippen molar-refractivity contribution in [2.45, 2.75) is 44.2 Å². The minimum atomic E-state index is -0.475. The number of piperazine rings is 1. The highest BCUT2D eigenvalue weighted by molar-refractivity contribution is 6.07. The van der Waals surface area contributed by atoms with Crippen LogP contribution in [0.5, 0.6) is 0 Å². The number of imide groups is 1. The molecule has 3 aliphatic rings. The second-order valence-electron chi connectivity index (χ2n) is 5.23. The van der Waals surface area contributed by atoms with Gasteiger partial charge in [-0.3, -0.25) is 14.5 Å². The van der Waals surface area contributed by atoms with Crippen molar-refractivity contribution < 1.29 is 14.4 Å². The van der Waals surface area contributed by atoms with Crippen LogP contribution in [0.3, 0.4) is 0 Å². The molecule has 3 fully saturated rings. The molecule has 0 aromatic rings. The smallest absolute Gasteiger partial charge is 0.328 e. The van der Waals surface area contributed by atoms with E-state index < -0.39 is 6.04 Å². The third-order valence-corrected chi connectivity index (χ3v) is 4.10. The van der Waals surface area contributed by atoms with Crippen LogP contribution in [-0.4, -0.2) is 52.8 Å². The molecule has 0 spiro atoms. The largest absolute Gasteiger partial charge is 0.352 e. The fourth-order valence-corrected chi connectivity index (χ4v) is 3.13. The molecule has 0 radical (unpaired) electrons. The van der Waals surface area contributed by atoms with Gasteiger partial charge in [0, 0.05) is 12.6 Å². The number of rotatable bonds is 1. The van der Waals surface area contributed by atoms with E-state index in [0.29, 0.717) is 0 Å². The lowest BCUT2D eigenvalue weighted by Gasteiger charge is -2.29. The Morgan fingerprint density at radius 1 is 1.06 bits per heavy atom. The first-order valence-electron chi connectivity index (χ1n) is 6.59. The highest BCUT2D eigenvalue weighted by Gasteiger charge is 2.50. The number of carbonyl (C=O) groups excluding carboxylic acids is 3. The van der Waals surface area contributed by atoms with E-state index in [1.165, 1.54) is 16.2 Å². The molecule has 1 saturated carbocycles. The first-order chi connectivity index (χ1) is 8.68. The van der Waals surface area contributed by atoms with Crippen molar-refractivity contribution in [1.29, 1.82) is 0 Å². The van der Waals surface area contributed by atoms with Crippen LogP contribution in [0.25, 0.3) is 0 Å². The van der Waals surface area contributed by atoms with Crippen LogP contribution < -0.4 is 5.32 Å². The van der Waals surface area contributed by atoms with Crippen LogP contribution in [0.2, 0.25) is 0 Å². The van der Waals surface area contributed by atoms with Crippen molar-refractivity contribution in [1.82, 2.24) is 15.1 Å². The molecule has 3 rings (SSSR count). The summed E-state index contributed by atoms with van der Waals surface area (Å²) in [4.78, 5) is 38.6. The lowest BCUT2D eigenvalue weighted by Crippen LogP contribution is -2.54. The number of nitrogens with zero attached hydrogens (tertiary/aromatic N) is 2. The molecule has 0 aromatic heterocycles. The summed E-state index contributed by atoms with van der Waals surface area (Å²) < 4.78 is 0. The average Bonchev–Trinajstić information content (AvgIpc) is 2.63. The topological polar surface area (TPSA) is 69.7 Å². The fourth-order valence-electron chi connectivity index (χ4n) is 3.13. The number of nitrogens with one attached hydrogen (secondary N) is 1. The first-order valence-corrected chi connectivity index (χ1v) is 6.59.